The predicted molar refractivity (Wildman–Crippen MR) is 106 cm³/mol. The molecule has 5 heteroatoms. The number of ether oxygens (including phenoxy) is 1. The summed E-state index contributed by atoms with van der Waals surface area (Å²) in [5.74, 6) is -2.76. The summed E-state index contributed by atoms with van der Waals surface area (Å²) in [6.07, 6.45) is 10.2. The van der Waals surface area contributed by atoms with Crippen LogP contribution in [0, 0.1) is 12.3 Å². The Hall–Kier alpha value is -2.45. The van der Waals surface area contributed by atoms with Gasteiger partial charge < -0.3 is 4.74 Å². The molecule has 1 rings (SSSR count). The van der Waals surface area contributed by atoms with Crippen LogP contribution in [0.2, 0.25) is 0 Å². The molecule has 0 aliphatic heterocycles. The van der Waals surface area contributed by atoms with Crippen molar-refractivity contribution in [1.82, 2.24) is 4.90 Å². The molecule has 1 aromatic carbocycles. The quantitative estimate of drug-likeness (QED) is 0.350. The predicted octanol–water partition coefficient (Wildman–Crippen LogP) is 4.85. The second-order valence-corrected chi connectivity index (χ2v) is 5.88. The first-order valence-corrected chi connectivity index (χ1v) is 8.77. The number of rotatable bonds is 9. The van der Waals surface area contributed by atoms with Crippen LogP contribution in [0.4, 0.5) is 8.78 Å². The van der Waals surface area contributed by atoms with Crippen molar-refractivity contribution in [3.05, 3.63) is 59.7 Å². The number of carbonyl (C=O) groups is 1. The lowest BCUT2D eigenvalue weighted by molar-refractivity contribution is -0.174. The fourth-order valence-corrected chi connectivity index (χ4v) is 2.26. The van der Waals surface area contributed by atoms with Crippen molar-refractivity contribution in [2.75, 3.05) is 19.7 Å². The van der Waals surface area contributed by atoms with E-state index in [4.69, 9.17) is 0 Å². The summed E-state index contributed by atoms with van der Waals surface area (Å²) < 4.78 is 32.7. The third-order valence-corrected chi connectivity index (χ3v) is 3.29. The van der Waals surface area contributed by atoms with Gasteiger partial charge >= 0.3 is 11.9 Å². The van der Waals surface area contributed by atoms with Gasteiger partial charge in [0.2, 0.25) is 0 Å². The topological polar surface area (TPSA) is 29.5 Å². The zero-order chi connectivity index (χ0) is 20.7. The zero-order valence-corrected chi connectivity index (χ0v) is 16.5. The van der Waals surface area contributed by atoms with Crippen LogP contribution in [0.1, 0.15) is 33.3 Å². The molecule has 0 fully saturated rings. The van der Waals surface area contributed by atoms with Gasteiger partial charge in [-0.1, -0.05) is 54.1 Å². The molecular weight excluding hydrogens is 348 g/mol. The van der Waals surface area contributed by atoms with Crippen molar-refractivity contribution >= 4 is 5.97 Å². The lowest BCUT2D eigenvalue weighted by Gasteiger charge is -2.26. The molecule has 27 heavy (non-hydrogen) atoms. The normalized spacial score (nSPS) is 11.7. The molecule has 0 aliphatic rings. The third-order valence-electron chi connectivity index (χ3n) is 3.29. The van der Waals surface area contributed by atoms with E-state index >= 15 is 0 Å². The average molecular weight is 377 g/mol. The van der Waals surface area contributed by atoms with Crippen LogP contribution in [0.5, 0.6) is 0 Å². The SMILES string of the molecule is C#CC.C/C=C\C=C(/C)CN(Cc1ccccc1)CC(F)(F)C(=O)OCC. The molecule has 0 N–H and O–H groups in total. The number of alkyl halides is 2. The van der Waals surface area contributed by atoms with Crippen LogP contribution in [0.25, 0.3) is 0 Å². The maximum absolute atomic E-state index is 14.1. The molecule has 0 saturated carbocycles. The molecule has 0 heterocycles. The Balaban J connectivity index is 0.00000210. The van der Waals surface area contributed by atoms with Gasteiger partial charge in [0.05, 0.1) is 13.2 Å². The summed E-state index contributed by atoms with van der Waals surface area (Å²) >= 11 is 0. The number of benzene rings is 1. The minimum Gasteiger partial charge on any atom is -0.462 e. The fourth-order valence-electron chi connectivity index (χ4n) is 2.26. The van der Waals surface area contributed by atoms with E-state index in [9.17, 15) is 13.6 Å². The zero-order valence-electron chi connectivity index (χ0n) is 16.5. The average Bonchev–Trinajstić information content (AvgIpc) is 2.61. The maximum atomic E-state index is 14.1. The highest BCUT2D eigenvalue weighted by Gasteiger charge is 2.42. The second-order valence-electron chi connectivity index (χ2n) is 5.88. The number of nitrogens with zero attached hydrogens (tertiary/aromatic N) is 1. The van der Waals surface area contributed by atoms with Gasteiger partial charge in [-0.3, -0.25) is 4.90 Å². The molecule has 0 spiro atoms. The highest BCUT2D eigenvalue weighted by Crippen LogP contribution is 2.20. The van der Waals surface area contributed by atoms with Gasteiger partial charge in [0.15, 0.2) is 0 Å². The van der Waals surface area contributed by atoms with Crippen LogP contribution in [0.3, 0.4) is 0 Å². The van der Waals surface area contributed by atoms with Crippen molar-refractivity contribution in [3.8, 4) is 12.3 Å². The Kier molecular flexibility index (Phi) is 12.5. The molecule has 0 amide bonds. The summed E-state index contributed by atoms with van der Waals surface area (Å²) in [7, 11) is 0. The Morgan fingerprint density at radius 1 is 1.33 bits per heavy atom. The molecule has 0 aromatic heterocycles. The monoisotopic (exact) mass is 377 g/mol. The lowest BCUT2D eigenvalue weighted by atomic mass is 10.1. The highest BCUT2D eigenvalue weighted by atomic mass is 19.3. The van der Waals surface area contributed by atoms with Crippen molar-refractivity contribution in [1.29, 1.82) is 0 Å². The summed E-state index contributed by atoms with van der Waals surface area (Å²) in [6, 6.07) is 9.35. The molecule has 3 nitrogen and oxygen atoms in total. The van der Waals surface area contributed by atoms with Crippen LogP contribution in [0.15, 0.2) is 54.1 Å². The number of halogens is 2. The number of hydrogen-bond acceptors (Lipinski definition) is 3. The fraction of sp³-hybridized carbons (Fsp3) is 0.409. The van der Waals surface area contributed by atoms with Crippen LogP contribution in [-0.2, 0) is 16.1 Å². The minimum absolute atomic E-state index is 0.0622. The smallest absolute Gasteiger partial charge is 0.378 e. The van der Waals surface area contributed by atoms with Crippen molar-refractivity contribution < 1.29 is 18.3 Å². The highest BCUT2D eigenvalue weighted by molar-refractivity contribution is 5.77. The van der Waals surface area contributed by atoms with E-state index in [1.54, 1.807) is 11.8 Å². The van der Waals surface area contributed by atoms with Gasteiger partial charge in [-0.15, -0.1) is 12.3 Å². The first kappa shape index (κ1) is 24.6. The molecular formula is C22H29F2NO2. The third kappa shape index (κ3) is 11.0. The van der Waals surface area contributed by atoms with E-state index in [-0.39, 0.29) is 6.61 Å². The van der Waals surface area contributed by atoms with E-state index in [2.05, 4.69) is 17.1 Å². The summed E-state index contributed by atoms with van der Waals surface area (Å²) in [5, 5.41) is 0. The van der Waals surface area contributed by atoms with Crippen molar-refractivity contribution in [2.45, 2.75) is 40.2 Å². The van der Waals surface area contributed by atoms with Gasteiger partial charge in [0.25, 0.3) is 0 Å². The molecule has 0 unspecified atom stereocenters. The van der Waals surface area contributed by atoms with Gasteiger partial charge in [0, 0.05) is 13.1 Å². The van der Waals surface area contributed by atoms with Gasteiger partial charge in [-0.2, -0.15) is 8.78 Å². The number of carbonyl (C=O) groups excluding carboxylic acids is 1. The van der Waals surface area contributed by atoms with Crippen LogP contribution in [-0.4, -0.2) is 36.5 Å². The first-order valence-electron chi connectivity index (χ1n) is 8.77. The molecule has 0 saturated heterocycles. The van der Waals surface area contributed by atoms with Crippen molar-refractivity contribution in [2.24, 2.45) is 0 Å². The number of terminal acetylenes is 1. The van der Waals surface area contributed by atoms with Gasteiger partial charge in [-0.25, -0.2) is 4.79 Å². The minimum atomic E-state index is -3.54. The van der Waals surface area contributed by atoms with Gasteiger partial charge in [-0.05, 0) is 33.3 Å². The molecule has 148 valence electrons. The molecule has 0 atom stereocenters. The Bertz CT molecular complexity index is 646. The lowest BCUT2D eigenvalue weighted by Crippen LogP contribution is -2.43. The molecule has 1 aromatic rings. The Labute approximate surface area is 161 Å². The van der Waals surface area contributed by atoms with E-state index in [0.717, 1.165) is 11.1 Å². The molecule has 0 bridgehead atoms. The molecule has 0 radical (unpaired) electrons. The Morgan fingerprint density at radius 2 is 1.93 bits per heavy atom. The Morgan fingerprint density at radius 3 is 2.44 bits per heavy atom. The summed E-state index contributed by atoms with van der Waals surface area (Å²) in [5.41, 5.74) is 1.85. The number of allylic oxidation sites excluding steroid dienone is 3. The number of esters is 1. The van der Waals surface area contributed by atoms with Gasteiger partial charge in [0.1, 0.15) is 0 Å². The van der Waals surface area contributed by atoms with Crippen LogP contribution < -0.4 is 0 Å². The van der Waals surface area contributed by atoms with E-state index in [1.807, 2.05) is 62.4 Å². The standard InChI is InChI=1S/C19H25F2NO2.C3H4/c1-4-6-10-16(3)13-22(14-17-11-8-7-9-12-17)15-19(20,21)18(23)24-5-2;1-3-2/h4,6-12H,5,13-15H2,1-3H3;1H,2H3/b6-4-,16-10+;. The first-order chi connectivity index (χ1) is 12.8. The number of hydrogen-bond donors (Lipinski definition) is 0. The summed E-state index contributed by atoms with van der Waals surface area (Å²) in [4.78, 5) is 13.0. The van der Waals surface area contributed by atoms with E-state index in [0.29, 0.717) is 13.1 Å². The maximum Gasteiger partial charge on any atom is 0.378 e. The van der Waals surface area contributed by atoms with E-state index in [1.165, 1.54) is 6.92 Å². The summed E-state index contributed by atoms with van der Waals surface area (Å²) in [6.45, 7) is 6.86. The van der Waals surface area contributed by atoms with E-state index < -0.39 is 18.4 Å². The molecule has 0 aliphatic carbocycles. The largest absolute Gasteiger partial charge is 0.462 e. The van der Waals surface area contributed by atoms with Crippen LogP contribution >= 0.6 is 0 Å². The second kappa shape index (κ2) is 13.7. The van der Waals surface area contributed by atoms with Crippen molar-refractivity contribution in [3.63, 3.8) is 0 Å².